The van der Waals surface area contributed by atoms with Gasteiger partial charge in [0, 0.05) is 6.54 Å². The van der Waals surface area contributed by atoms with Crippen LogP contribution in [0.2, 0.25) is 0 Å². The average Bonchev–Trinajstić information content (AvgIpc) is 2.25. The van der Waals surface area contributed by atoms with E-state index in [1.807, 2.05) is 30.3 Å². The van der Waals surface area contributed by atoms with E-state index in [0.29, 0.717) is 6.42 Å². The van der Waals surface area contributed by atoms with E-state index in [-0.39, 0.29) is 6.54 Å². The van der Waals surface area contributed by atoms with Gasteiger partial charge in [0.2, 0.25) is 0 Å². The van der Waals surface area contributed by atoms with E-state index in [4.69, 9.17) is 0 Å². The highest BCUT2D eigenvalue weighted by molar-refractivity contribution is 5.14. The molecule has 0 fully saturated rings. The van der Waals surface area contributed by atoms with Gasteiger partial charge in [-0.1, -0.05) is 30.3 Å². The monoisotopic (exact) mass is 219 g/mol. The van der Waals surface area contributed by atoms with Crippen molar-refractivity contribution in [3.63, 3.8) is 0 Å². The summed E-state index contributed by atoms with van der Waals surface area (Å²) in [6, 6.07) is 9.39. The molecule has 1 aromatic rings. The molecule has 0 bridgehead atoms. The van der Waals surface area contributed by atoms with E-state index in [2.05, 4.69) is 10.3 Å². The van der Waals surface area contributed by atoms with E-state index in [9.17, 15) is 13.2 Å². The number of nitrogens with one attached hydrogen (secondary N) is 1. The molecule has 0 amide bonds. The molecule has 1 rings (SSSR count). The molecule has 15 heavy (non-hydrogen) atoms. The van der Waals surface area contributed by atoms with Crippen LogP contribution in [0, 0.1) is 0 Å². The number of hydrogen-bond acceptors (Lipinski definition) is 2. The van der Waals surface area contributed by atoms with Gasteiger partial charge in [0.25, 0.3) is 12.8 Å². The number of halogens is 3. The van der Waals surface area contributed by atoms with E-state index in [0.717, 1.165) is 5.56 Å². The fraction of sp³-hybridized carbons (Fsp3) is 0.400. The summed E-state index contributed by atoms with van der Waals surface area (Å²) in [5, 5.41) is 0. The third kappa shape index (κ3) is 4.80. The van der Waals surface area contributed by atoms with E-state index in [1.165, 1.54) is 0 Å². The van der Waals surface area contributed by atoms with Gasteiger partial charge in [0.1, 0.15) is 0 Å². The molecule has 0 heterocycles. The standard InChI is InChI=1S/C10H12F3NO/c11-9(12)10(13)15-14-7-6-8-4-2-1-3-5-8/h1-5,9-10,14H,6-7H2. The van der Waals surface area contributed by atoms with Crippen LogP contribution in [-0.4, -0.2) is 19.3 Å². The van der Waals surface area contributed by atoms with Crippen molar-refractivity contribution in [3.05, 3.63) is 35.9 Å². The summed E-state index contributed by atoms with van der Waals surface area (Å²) in [4.78, 5) is 4.06. The molecule has 0 aromatic heterocycles. The van der Waals surface area contributed by atoms with Crippen molar-refractivity contribution in [2.75, 3.05) is 6.54 Å². The second-order valence-corrected chi connectivity index (χ2v) is 2.93. The average molecular weight is 219 g/mol. The first-order chi connectivity index (χ1) is 7.20. The smallest absolute Gasteiger partial charge is 0.258 e. The Balaban J connectivity index is 2.12. The first kappa shape index (κ1) is 12.0. The van der Waals surface area contributed by atoms with Crippen LogP contribution in [0.1, 0.15) is 5.56 Å². The molecule has 1 N–H and O–H groups in total. The Kier molecular flexibility index (Phi) is 5.14. The lowest BCUT2D eigenvalue weighted by Gasteiger charge is -2.09. The summed E-state index contributed by atoms with van der Waals surface area (Å²) in [6.07, 6.45) is -5.09. The van der Waals surface area contributed by atoms with Crippen LogP contribution in [0.3, 0.4) is 0 Å². The molecule has 1 aromatic carbocycles. The largest absolute Gasteiger partial charge is 0.295 e. The molecule has 0 aliphatic heterocycles. The van der Waals surface area contributed by atoms with Crippen molar-refractivity contribution in [2.45, 2.75) is 19.2 Å². The van der Waals surface area contributed by atoms with Gasteiger partial charge in [0.05, 0.1) is 0 Å². The summed E-state index contributed by atoms with van der Waals surface area (Å²) in [5.74, 6) is 0. The minimum Gasteiger partial charge on any atom is -0.258 e. The van der Waals surface area contributed by atoms with Crippen LogP contribution < -0.4 is 5.48 Å². The summed E-state index contributed by atoms with van der Waals surface area (Å²) in [5.41, 5.74) is 3.19. The molecule has 0 aliphatic carbocycles. The minimum absolute atomic E-state index is 0.289. The first-order valence-corrected chi connectivity index (χ1v) is 4.55. The molecule has 0 radical (unpaired) electrons. The molecule has 2 nitrogen and oxygen atoms in total. The van der Waals surface area contributed by atoms with Gasteiger partial charge in [-0.2, -0.15) is 5.48 Å². The van der Waals surface area contributed by atoms with Crippen molar-refractivity contribution in [1.82, 2.24) is 5.48 Å². The van der Waals surface area contributed by atoms with Gasteiger partial charge in [-0.3, -0.25) is 4.84 Å². The zero-order valence-electron chi connectivity index (χ0n) is 8.00. The van der Waals surface area contributed by atoms with Gasteiger partial charge in [-0.25, -0.2) is 13.2 Å². The Morgan fingerprint density at radius 2 is 1.80 bits per heavy atom. The maximum Gasteiger partial charge on any atom is 0.295 e. The van der Waals surface area contributed by atoms with Gasteiger partial charge in [-0.15, -0.1) is 0 Å². The minimum atomic E-state index is -3.12. The highest BCUT2D eigenvalue weighted by Crippen LogP contribution is 2.05. The van der Waals surface area contributed by atoms with Gasteiger partial charge < -0.3 is 0 Å². The molecular weight excluding hydrogens is 207 g/mol. The Bertz CT molecular complexity index is 269. The molecule has 0 saturated carbocycles. The number of hydrogen-bond donors (Lipinski definition) is 1. The fourth-order valence-corrected chi connectivity index (χ4v) is 1.03. The maximum atomic E-state index is 12.2. The lowest BCUT2D eigenvalue weighted by atomic mass is 10.2. The van der Waals surface area contributed by atoms with Crippen molar-refractivity contribution in [2.24, 2.45) is 0 Å². The van der Waals surface area contributed by atoms with Gasteiger partial charge in [-0.05, 0) is 12.0 Å². The van der Waals surface area contributed by atoms with Crippen molar-refractivity contribution in [3.8, 4) is 0 Å². The Hall–Kier alpha value is -1.07. The lowest BCUT2D eigenvalue weighted by Crippen LogP contribution is -2.27. The van der Waals surface area contributed by atoms with Crippen molar-refractivity contribution < 1.29 is 18.0 Å². The van der Waals surface area contributed by atoms with Gasteiger partial charge in [0.15, 0.2) is 0 Å². The quantitative estimate of drug-likeness (QED) is 0.585. The first-order valence-electron chi connectivity index (χ1n) is 4.55. The fourth-order valence-electron chi connectivity index (χ4n) is 1.03. The number of rotatable bonds is 6. The summed E-state index contributed by atoms with van der Waals surface area (Å²) in [6.45, 7) is 0.289. The predicted octanol–water partition coefficient (Wildman–Crippen LogP) is 2.31. The number of alkyl halides is 3. The van der Waals surface area contributed by atoms with Crippen LogP contribution in [0.25, 0.3) is 0 Å². The SMILES string of the molecule is FC(F)C(F)ONCCc1ccccc1. The molecule has 0 aliphatic rings. The Morgan fingerprint density at radius 1 is 1.13 bits per heavy atom. The molecule has 0 saturated heterocycles. The van der Waals surface area contributed by atoms with E-state index >= 15 is 0 Å². The van der Waals surface area contributed by atoms with Crippen LogP contribution >= 0.6 is 0 Å². The second-order valence-electron chi connectivity index (χ2n) is 2.93. The third-order valence-corrected chi connectivity index (χ3v) is 1.75. The highest BCUT2D eigenvalue weighted by atomic mass is 19.3. The Labute approximate surface area is 86.0 Å². The molecule has 1 atom stereocenters. The summed E-state index contributed by atoms with van der Waals surface area (Å²) in [7, 11) is 0. The van der Waals surface area contributed by atoms with Crippen LogP contribution in [-0.2, 0) is 11.3 Å². The maximum absolute atomic E-state index is 12.2. The molecular formula is C10H12F3NO. The topological polar surface area (TPSA) is 21.3 Å². The van der Waals surface area contributed by atoms with Crippen molar-refractivity contribution >= 4 is 0 Å². The second kappa shape index (κ2) is 6.42. The lowest BCUT2D eigenvalue weighted by molar-refractivity contribution is -0.165. The zero-order chi connectivity index (χ0) is 11.1. The molecule has 84 valence electrons. The predicted molar refractivity (Wildman–Crippen MR) is 50.1 cm³/mol. The normalized spacial score (nSPS) is 13.1. The van der Waals surface area contributed by atoms with Crippen LogP contribution in [0.4, 0.5) is 13.2 Å². The molecule has 1 unspecified atom stereocenters. The number of benzene rings is 1. The van der Waals surface area contributed by atoms with Crippen LogP contribution in [0.5, 0.6) is 0 Å². The van der Waals surface area contributed by atoms with E-state index < -0.39 is 12.8 Å². The van der Waals surface area contributed by atoms with Crippen LogP contribution in [0.15, 0.2) is 30.3 Å². The zero-order valence-corrected chi connectivity index (χ0v) is 8.00. The highest BCUT2D eigenvalue weighted by Gasteiger charge is 2.19. The Morgan fingerprint density at radius 3 is 2.40 bits per heavy atom. The summed E-state index contributed by atoms with van der Waals surface area (Å²) < 4.78 is 35.5. The third-order valence-electron chi connectivity index (χ3n) is 1.75. The number of hydroxylamine groups is 1. The summed E-state index contributed by atoms with van der Waals surface area (Å²) >= 11 is 0. The van der Waals surface area contributed by atoms with E-state index in [1.54, 1.807) is 0 Å². The molecule has 5 heteroatoms. The van der Waals surface area contributed by atoms with Gasteiger partial charge >= 0.3 is 0 Å². The molecule has 0 spiro atoms. The van der Waals surface area contributed by atoms with Crippen molar-refractivity contribution in [1.29, 1.82) is 0 Å².